The lowest BCUT2D eigenvalue weighted by atomic mass is 10.0. The maximum absolute atomic E-state index is 13.9. The van der Waals surface area contributed by atoms with E-state index in [0.29, 0.717) is 24.5 Å². The van der Waals surface area contributed by atoms with Gasteiger partial charge in [-0.2, -0.15) is 0 Å². The molecule has 2 amide bonds. The van der Waals surface area contributed by atoms with Crippen LogP contribution in [-0.4, -0.2) is 68.8 Å². The van der Waals surface area contributed by atoms with Crippen molar-refractivity contribution in [3.8, 4) is 16.9 Å². The van der Waals surface area contributed by atoms with E-state index in [1.54, 1.807) is 0 Å². The van der Waals surface area contributed by atoms with E-state index in [0.717, 1.165) is 67.5 Å². The standard InChI is InChI=1S/C31H36N4O4/c1-22-13-14-35(29-6-4-3-5-28(29)32-22)31(37)25-9-12-27(24-7-10-26(11-8-24)33-23(2)36)30(21-25)39-20-17-34-15-18-38-19-16-34/h3-12,21-22,32H,13-20H2,1-2H3,(H,33,36)/t22-/m0/s1. The molecule has 0 spiro atoms. The topological polar surface area (TPSA) is 83.1 Å². The summed E-state index contributed by atoms with van der Waals surface area (Å²) in [5, 5.41) is 6.32. The molecule has 2 aliphatic heterocycles. The minimum Gasteiger partial charge on any atom is -0.492 e. The minimum atomic E-state index is -0.113. The number of nitrogens with zero attached hydrogens (tertiary/aromatic N) is 2. The molecule has 0 aromatic heterocycles. The van der Waals surface area contributed by atoms with Gasteiger partial charge in [-0.05, 0) is 61.4 Å². The van der Waals surface area contributed by atoms with Gasteiger partial charge in [-0.3, -0.25) is 14.5 Å². The van der Waals surface area contributed by atoms with Crippen molar-refractivity contribution in [3.05, 3.63) is 72.3 Å². The molecular weight excluding hydrogens is 492 g/mol. The number of hydrogen-bond donors (Lipinski definition) is 2. The fraction of sp³-hybridized carbons (Fsp3) is 0.355. The van der Waals surface area contributed by atoms with Gasteiger partial charge in [0.05, 0.1) is 24.6 Å². The Morgan fingerprint density at radius 3 is 2.56 bits per heavy atom. The van der Waals surface area contributed by atoms with Crippen LogP contribution in [0.3, 0.4) is 0 Å². The number of benzene rings is 3. The van der Waals surface area contributed by atoms with Gasteiger partial charge in [0.1, 0.15) is 12.4 Å². The molecule has 0 bridgehead atoms. The fourth-order valence-electron chi connectivity index (χ4n) is 5.04. The average Bonchev–Trinajstić information content (AvgIpc) is 3.11. The van der Waals surface area contributed by atoms with Gasteiger partial charge in [0.15, 0.2) is 0 Å². The van der Waals surface area contributed by atoms with Gasteiger partial charge in [-0.1, -0.05) is 24.3 Å². The number of amides is 2. The van der Waals surface area contributed by atoms with E-state index >= 15 is 0 Å². The minimum absolute atomic E-state index is 0.0519. The molecule has 8 nitrogen and oxygen atoms in total. The number of ether oxygens (including phenoxy) is 2. The number of para-hydroxylation sites is 2. The number of carbonyl (C=O) groups is 2. The van der Waals surface area contributed by atoms with E-state index in [4.69, 9.17) is 9.47 Å². The Morgan fingerprint density at radius 1 is 1.03 bits per heavy atom. The molecular formula is C31H36N4O4. The van der Waals surface area contributed by atoms with E-state index < -0.39 is 0 Å². The summed E-state index contributed by atoms with van der Waals surface area (Å²) in [6.07, 6.45) is 0.849. The summed E-state index contributed by atoms with van der Waals surface area (Å²) >= 11 is 0. The van der Waals surface area contributed by atoms with E-state index in [9.17, 15) is 9.59 Å². The first-order chi connectivity index (χ1) is 19.0. The van der Waals surface area contributed by atoms with Crippen LogP contribution in [0.25, 0.3) is 11.1 Å². The normalized spacial score (nSPS) is 17.5. The SMILES string of the molecule is CC(=O)Nc1ccc(-c2ccc(C(=O)N3CC[C@H](C)Nc4ccccc43)cc2OCCN2CCOCC2)cc1. The number of anilines is 3. The van der Waals surface area contributed by atoms with Gasteiger partial charge in [0.2, 0.25) is 5.91 Å². The number of nitrogens with one attached hydrogen (secondary N) is 2. The third-order valence-corrected chi connectivity index (χ3v) is 7.14. The second kappa shape index (κ2) is 12.3. The highest BCUT2D eigenvalue weighted by Crippen LogP contribution is 2.35. The Kier molecular flexibility index (Phi) is 8.44. The Hall–Kier alpha value is -3.88. The van der Waals surface area contributed by atoms with Crippen LogP contribution < -0.4 is 20.3 Å². The zero-order chi connectivity index (χ0) is 27.2. The van der Waals surface area contributed by atoms with Crippen LogP contribution in [0.2, 0.25) is 0 Å². The highest BCUT2D eigenvalue weighted by Gasteiger charge is 2.25. The lowest BCUT2D eigenvalue weighted by molar-refractivity contribution is -0.114. The monoisotopic (exact) mass is 528 g/mol. The van der Waals surface area contributed by atoms with Crippen LogP contribution in [0.15, 0.2) is 66.7 Å². The zero-order valence-electron chi connectivity index (χ0n) is 22.6. The maximum atomic E-state index is 13.9. The van der Waals surface area contributed by atoms with Crippen molar-refractivity contribution < 1.29 is 19.1 Å². The van der Waals surface area contributed by atoms with Crippen molar-refractivity contribution in [2.75, 3.05) is 61.5 Å². The first kappa shape index (κ1) is 26.7. The van der Waals surface area contributed by atoms with Gasteiger partial charge in [0, 0.05) is 56.0 Å². The number of hydrogen-bond acceptors (Lipinski definition) is 6. The smallest absolute Gasteiger partial charge is 0.258 e. The van der Waals surface area contributed by atoms with Gasteiger partial charge < -0.3 is 25.0 Å². The molecule has 2 aliphatic rings. The first-order valence-corrected chi connectivity index (χ1v) is 13.6. The predicted molar refractivity (Wildman–Crippen MR) is 155 cm³/mol. The van der Waals surface area contributed by atoms with Crippen LogP contribution in [0.5, 0.6) is 5.75 Å². The molecule has 0 radical (unpaired) electrons. The van der Waals surface area contributed by atoms with E-state index in [2.05, 4.69) is 22.5 Å². The lowest BCUT2D eigenvalue weighted by Crippen LogP contribution is -2.38. The van der Waals surface area contributed by atoms with Crippen LogP contribution >= 0.6 is 0 Å². The first-order valence-electron chi connectivity index (χ1n) is 13.6. The highest BCUT2D eigenvalue weighted by atomic mass is 16.5. The molecule has 2 N–H and O–H groups in total. The summed E-state index contributed by atoms with van der Waals surface area (Å²) in [5.74, 6) is 0.498. The molecule has 0 unspecified atom stereocenters. The van der Waals surface area contributed by atoms with Crippen molar-refractivity contribution in [1.82, 2.24) is 4.90 Å². The predicted octanol–water partition coefficient (Wildman–Crippen LogP) is 4.87. The molecule has 8 heteroatoms. The zero-order valence-corrected chi connectivity index (χ0v) is 22.6. The Morgan fingerprint density at radius 2 is 1.79 bits per heavy atom. The summed E-state index contributed by atoms with van der Waals surface area (Å²) in [6, 6.07) is 21.6. The quantitative estimate of drug-likeness (QED) is 0.455. The molecule has 3 aromatic rings. The van der Waals surface area contributed by atoms with Crippen molar-refractivity contribution in [1.29, 1.82) is 0 Å². The Labute approximate surface area is 229 Å². The van der Waals surface area contributed by atoms with Crippen LogP contribution in [-0.2, 0) is 9.53 Å². The van der Waals surface area contributed by atoms with Crippen LogP contribution in [0, 0.1) is 0 Å². The van der Waals surface area contributed by atoms with Crippen molar-refractivity contribution in [3.63, 3.8) is 0 Å². The largest absolute Gasteiger partial charge is 0.492 e. The summed E-state index contributed by atoms with van der Waals surface area (Å²) in [4.78, 5) is 29.5. The maximum Gasteiger partial charge on any atom is 0.258 e. The molecule has 1 saturated heterocycles. The molecule has 39 heavy (non-hydrogen) atoms. The summed E-state index contributed by atoms with van der Waals surface area (Å²) in [7, 11) is 0. The van der Waals surface area contributed by atoms with Gasteiger partial charge >= 0.3 is 0 Å². The average molecular weight is 529 g/mol. The molecule has 5 rings (SSSR count). The third kappa shape index (κ3) is 6.58. The summed E-state index contributed by atoms with van der Waals surface area (Å²) in [5.41, 5.74) is 5.01. The number of fused-ring (bicyclic) bond motifs is 1. The molecule has 1 fully saturated rings. The van der Waals surface area contributed by atoms with Crippen molar-refractivity contribution >= 4 is 28.9 Å². The van der Waals surface area contributed by atoms with Gasteiger partial charge in [-0.25, -0.2) is 0 Å². The Balaban J connectivity index is 1.43. The van der Waals surface area contributed by atoms with Crippen LogP contribution in [0.4, 0.5) is 17.1 Å². The van der Waals surface area contributed by atoms with E-state index in [1.807, 2.05) is 71.6 Å². The third-order valence-electron chi connectivity index (χ3n) is 7.14. The fourth-order valence-corrected chi connectivity index (χ4v) is 5.04. The lowest BCUT2D eigenvalue weighted by Gasteiger charge is -2.26. The summed E-state index contributed by atoms with van der Waals surface area (Å²) < 4.78 is 11.8. The van der Waals surface area contributed by atoms with Crippen molar-refractivity contribution in [2.45, 2.75) is 26.3 Å². The molecule has 3 aromatic carbocycles. The number of rotatable bonds is 7. The Bertz CT molecular complexity index is 1300. The highest BCUT2D eigenvalue weighted by molar-refractivity contribution is 6.08. The second-order valence-electron chi connectivity index (χ2n) is 10.1. The summed E-state index contributed by atoms with van der Waals surface area (Å²) in [6.45, 7) is 8.79. The molecule has 0 aliphatic carbocycles. The van der Waals surface area contributed by atoms with Crippen LogP contribution in [0.1, 0.15) is 30.6 Å². The molecule has 2 heterocycles. The van der Waals surface area contributed by atoms with Gasteiger partial charge in [0.25, 0.3) is 5.91 Å². The second-order valence-corrected chi connectivity index (χ2v) is 10.1. The number of morpholine rings is 1. The molecule has 0 saturated carbocycles. The molecule has 204 valence electrons. The molecule has 1 atom stereocenters. The van der Waals surface area contributed by atoms with Gasteiger partial charge in [-0.15, -0.1) is 0 Å². The number of carbonyl (C=O) groups excluding carboxylic acids is 2. The van der Waals surface area contributed by atoms with Crippen molar-refractivity contribution in [2.24, 2.45) is 0 Å². The van der Waals surface area contributed by atoms with E-state index in [-0.39, 0.29) is 17.9 Å². The van der Waals surface area contributed by atoms with E-state index in [1.165, 1.54) is 6.92 Å².